The molecule has 32 heavy (non-hydrogen) atoms. The van der Waals surface area contributed by atoms with E-state index < -0.39 is 0 Å². The van der Waals surface area contributed by atoms with Gasteiger partial charge in [0, 0.05) is 34.9 Å². The zero-order valence-electron chi connectivity index (χ0n) is 19.9. The zero-order valence-corrected chi connectivity index (χ0v) is 19.9. The van der Waals surface area contributed by atoms with Gasteiger partial charge in [-0.2, -0.15) is 0 Å². The van der Waals surface area contributed by atoms with Crippen LogP contribution in [-0.4, -0.2) is 47.1 Å². The van der Waals surface area contributed by atoms with Gasteiger partial charge in [-0.15, -0.1) is 0 Å². The largest absolute Gasteiger partial charge is 0.376 e. The molecule has 0 radical (unpaired) electrons. The van der Waals surface area contributed by atoms with Gasteiger partial charge in [-0.3, -0.25) is 9.69 Å². The summed E-state index contributed by atoms with van der Waals surface area (Å²) in [7, 11) is 0. The number of carbonyl (C=O) groups excluding carboxylic acids is 1. The highest BCUT2D eigenvalue weighted by molar-refractivity contribution is 6.09. The summed E-state index contributed by atoms with van der Waals surface area (Å²) in [6, 6.07) is 16.8. The molecule has 0 N–H and O–H groups in total. The summed E-state index contributed by atoms with van der Waals surface area (Å²) >= 11 is 0. The van der Waals surface area contributed by atoms with Crippen LogP contribution in [0.15, 0.2) is 48.5 Å². The number of hydrogen-bond donors (Lipinski definition) is 0. The molecule has 3 atom stereocenters. The molecule has 2 heterocycles. The van der Waals surface area contributed by atoms with Crippen molar-refractivity contribution in [1.82, 2.24) is 9.47 Å². The average Bonchev–Trinajstić information content (AvgIpc) is 3.15. The van der Waals surface area contributed by atoms with Crippen molar-refractivity contribution in [2.75, 3.05) is 19.7 Å². The van der Waals surface area contributed by atoms with Crippen LogP contribution in [0.3, 0.4) is 0 Å². The molecular weight excluding hydrogens is 396 g/mol. The maximum atomic E-state index is 14.1. The normalized spacial score (nSPS) is 19.4. The molecule has 3 aromatic rings. The van der Waals surface area contributed by atoms with E-state index in [2.05, 4.69) is 78.8 Å². The molecule has 0 amide bonds. The Labute approximate surface area is 192 Å². The predicted octanol–water partition coefficient (Wildman–Crippen LogP) is 6.37. The van der Waals surface area contributed by atoms with Crippen LogP contribution in [0, 0.1) is 0 Å². The molecule has 0 spiro atoms. The van der Waals surface area contributed by atoms with Gasteiger partial charge in [0.25, 0.3) is 0 Å². The van der Waals surface area contributed by atoms with Crippen LogP contribution in [0.5, 0.6) is 0 Å². The summed E-state index contributed by atoms with van der Waals surface area (Å²) < 4.78 is 8.07. The Morgan fingerprint density at radius 1 is 1.00 bits per heavy atom. The molecular formula is C28H38N2O2. The maximum absolute atomic E-state index is 14.1. The summed E-state index contributed by atoms with van der Waals surface area (Å²) in [5.41, 5.74) is 2.34. The smallest absolute Gasteiger partial charge is 0.172 e. The van der Waals surface area contributed by atoms with E-state index in [1.165, 1.54) is 47.5 Å². The molecule has 2 aromatic carbocycles. The third kappa shape index (κ3) is 4.77. The first-order chi connectivity index (χ1) is 15.6. The van der Waals surface area contributed by atoms with Crippen molar-refractivity contribution in [3.8, 4) is 0 Å². The number of hydrogen-bond acceptors (Lipinski definition) is 3. The third-order valence-corrected chi connectivity index (χ3v) is 7.07. The van der Waals surface area contributed by atoms with Crippen LogP contribution < -0.4 is 0 Å². The van der Waals surface area contributed by atoms with Crippen LogP contribution in [0.2, 0.25) is 0 Å². The molecule has 3 unspecified atom stereocenters. The SMILES string of the molecule is CCCCCCCC(C(=O)C(C)N1CCOC(C)C1)n1c2ccccc2c2ccccc21. The fraction of sp³-hybridized carbons (Fsp3) is 0.536. The summed E-state index contributed by atoms with van der Waals surface area (Å²) in [4.78, 5) is 16.4. The number of benzene rings is 2. The Balaban J connectivity index is 1.70. The van der Waals surface area contributed by atoms with Crippen LogP contribution >= 0.6 is 0 Å². The second-order valence-electron chi connectivity index (χ2n) is 9.38. The standard InChI is InChI=1S/C28H38N2O2/c1-4-5-6-7-8-17-27(28(31)22(3)29-18-19-32-21(2)20-29)30-25-15-11-9-13-23(25)24-14-10-12-16-26(24)30/h9-16,21-22,27H,4-8,17-20H2,1-3H3. The van der Waals surface area contributed by atoms with E-state index in [-0.39, 0.29) is 18.2 Å². The first-order valence-corrected chi connectivity index (χ1v) is 12.5. The molecule has 0 aliphatic carbocycles. The molecule has 1 saturated heterocycles. The predicted molar refractivity (Wildman–Crippen MR) is 133 cm³/mol. The number of ketones is 1. The van der Waals surface area contributed by atoms with Crippen LogP contribution in [-0.2, 0) is 9.53 Å². The fourth-order valence-corrected chi connectivity index (χ4v) is 5.28. The molecule has 1 aliphatic heterocycles. The third-order valence-electron chi connectivity index (χ3n) is 7.07. The summed E-state index contributed by atoms with van der Waals surface area (Å²) in [5, 5.41) is 2.47. The highest BCUT2D eigenvalue weighted by Gasteiger charge is 2.32. The number of aromatic nitrogens is 1. The van der Waals surface area contributed by atoms with E-state index in [0.717, 1.165) is 25.9 Å². The Morgan fingerprint density at radius 2 is 1.62 bits per heavy atom. The van der Waals surface area contributed by atoms with Gasteiger partial charge in [-0.1, -0.05) is 75.4 Å². The van der Waals surface area contributed by atoms with Gasteiger partial charge >= 0.3 is 0 Å². The van der Waals surface area contributed by atoms with Crippen LogP contribution in [0.4, 0.5) is 0 Å². The van der Waals surface area contributed by atoms with E-state index in [9.17, 15) is 4.79 Å². The summed E-state index contributed by atoms with van der Waals surface area (Å²) in [5.74, 6) is 0.334. The first kappa shape index (κ1) is 23.0. The molecule has 1 fully saturated rings. The minimum absolute atomic E-state index is 0.109. The van der Waals surface area contributed by atoms with Crippen molar-refractivity contribution in [3.63, 3.8) is 0 Å². The van der Waals surface area contributed by atoms with Crippen molar-refractivity contribution in [2.24, 2.45) is 0 Å². The Bertz CT molecular complexity index is 987. The second kappa shape index (κ2) is 10.6. The highest BCUT2D eigenvalue weighted by atomic mass is 16.5. The lowest BCUT2D eigenvalue weighted by atomic mass is 9.97. The molecule has 172 valence electrons. The lowest BCUT2D eigenvalue weighted by molar-refractivity contribution is -0.130. The average molecular weight is 435 g/mol. The van der Waals surface area contributed by atoms with E-state index in [1.807, 2.05) is 0 Å². The number of Topliss-reactive ketones (excluding diaryl/α,β-unsaturated/α-hetero) is 1. The minimum atomic E-state index is -0.144. The summed E-state index contributed by atoms with van der Waals surface area (Å²) in [6.45, 7) is 8.79. The van der Waals surface area contributed by atoms with Gasteiger partial charge in [0.05, 0.1) is 24.8 Å². The Kier molecular flexibility index (Phi) is 7.64. The number of ether oxygens (including phenoxy) is 1. The number of morpholine rings is 1. The lowest BCUT2D eigenvalue weighted by Crippen LogP contribution is -2.50. The van der Waals surface area contributed by atoms with E-state index in [1.54, 1.807) is 0 Å². The van der Waals surface area contributed by atoms with Crippen molar-refractivity contribution < 1.29 is 9.53 Å². The van der Waals surface area contributed by atoms with Gasteiger partial charge < -0.3 is 9.30 Å². The van der Waals surface area contributed by atoms with Gasteiger partial charge in [0.2, 0.25) is 0 Å². The van der Waals surface area contributed by atoms with Crippen molar-refractivity contribution in [2.45, 2.75) is 77.5 Å². The Morgan fingerprint density at radius 3 is 2.25 bits per heavy atom. The van der Waals surface area contributed by atoms with Crippen LogP contribution in [0.1, 0.15) is 65.3 Å². The Hall–Kier alpha value is -2.17. The quantitative estimate of drug-likeness (QED) is 0.348. The van der Waals surface area contributed by atoms with Gasteiger partial charge in [0.15, 0.2) is 5.78 Å². The van der Waals surface area contributed by atoms with E-state index >= 15 is 0 Å². The number of fused-ring (bicyclic) bond motifs is 3. The van der Waals surface area contributed by atoms with E-state index in [4.69, 9.17) is 4.74 Å². The lowest BCUT2D eigenvalue weighted by Gasteiger charge is -2.36. The molecule has 0 saturated carbocycles. The van der Waals surface area contributed by atoms with Crippen molar-refractivity contribution in [1.29, 1.82) is 0 Å². The molecule has 4 nitrogen and oxygen atoms in total. The second-order valence-corrected chi connectivity index (χ2v) is 9.38. The van der Waals surface area contributed by atoms with Crippen LogP contribution in [0.25, 0.3) is 21.8 Å². The molecule has 4 rings (SSSR count). The van der Waals surface area contributed by atoms with E-state index in [0.29, 0.717) is 12.4 Å². The van der Waals surface area contributed by atoms with Crippen molar-refractivity contribution in [3.05, 3.63) is 48.5 Å². The molecule has 1 aliphatic rings. The van der Waals surface area contributed by atoms with Crippen molar-refractivity contribution >= 4 is 27.6 Å². The number of nitrogens with zero attached hydrogens (tertiary/aromatic N) is 2. The van der Waals surface area contributed by atoms with Gasteiger partial charge in [0.1, 0.15) is 0 Å². The first-order valence-electron chi connectivity index (χ1n) is 12.5. The number of para-hydroxylation sites is 2. The minimum Gasteiger partial charge on any atom is -0.376 e. The molecule has 0 bridgehead atoms. The summed E-state index contributed by atoms with van der Waals surface area (Å²) in [6.07, 6.45) is 7.12. The topological polar surface area (TPSA) is 34.5 Å². The van der Waals surface area contributed by atoms with Gasteiger partial charge in [-0.05, 0) is 32.4 Å². The maximum Gasteiger partial charge on any atom is 0.172 e. The number of unbranched alkanes of at least 4 members (excludes halogenated alkanes) is 4. The highest BCUT2D eigenvalue weighted by Crippen LogP contribution is 2.35. The number of carbonyl (C=O) groups is 1. The monoisotopic (exact) mass is 434 g/mol. The zero-order chi connectivity index (χ0) is 22.5. The molecule has 1 aromatic heterocycles. The fourth-order valence-electron chi connectivity index (χ4n) is 5.28. The number of rotatable bonds is 10. The molecule has 4 heteroatoms. The van der Waals surface area contributed by atoms with Gasteiger partial charge in [-0.25, -0.2) is 0 Å².